The van der Waals surface area contributed by atoms with Gasteiger partial charge >= 0.3 is 0 Å². The standard InChI is InChI=1S/C6H10IN.ClH/c7-6-1-5(2-6,3-6)4-8;/h1-4,8H2;1H. The largest absolute Gasteiger partial charge is 0.330 e. The van der Waals surface area contributed by atoms with E-state index >= 15 is 0 Å². The van der Waals surface area contributed by atoms with E-state index in [0.717, 1.165) is 9.97 Å². The summed E-state index contributed by atoms with van der Waals surface area (Å²) >= 11 is 2.57. The van der Waals surface area contributed by atoms with Gasteiger partial charge in [0.25, 0.3) is 0 Å². The molecule has 2 bridgehead atoms. The summed E-state index contributed by atoms with van der Waals surface area (Å²) in [7, 11) is 0. The van der Waals surface area contributed by atoms with Crippen LogP contribution in [0.4, 0.5) is 0 Å². The van der Waals surface area contributed by atoms with Gasteiger partial charge in [-0.15, -0.1) is 12.4 Å². The van der Waals surface area contributed by atoms with E-state index in [9.17, 15) is 0 Å². The monoisotopic (exact) mass is 259 g/mol. The van der Waals surface area contributed by atoms with Gasteiger partial charge in [0, 0.05) is 3.42 Å². The van der Waals surface area contributed by atoms with Crippen molar-refractivity contribution in [2.24, 2.45) is 11.1 Å². The first-order valence-corrected chi connectivity index (χ1v) is 4.15. The van der Waals surface area contributed by atoms with E-state index in [-0.39, 0.29) is 12.4 Å². The van der Waals surface area contributed by atoms with Crippen molar-refractivity contribution < 1.29 is 0 Å². The average Bonchev–Trinajstić information content (AvgIpc) is 1.55. The van der Waals surface area contributed by atoms with E-state index in [1.54, 1.807) is 0 Å². The van der Waals surface area contributed by atoms with E-state index in [4.69, 9.17) is 5.73 Å². The summed E-state index contributed by atoms with van der Waals surface area (Å²) in [5.41, 5.74) is 6.20. The van der Waals surface area contributed by atoms with E-state index < -0.39 is 0 Å². The lowest BCUT2D eigenvalue weighted by Gasteiger charge is -2.68. The molecule has 0 saturated heterocycles. The van der Waals surface area contributed by atoms with Crippen LogP contribution in [0, 0.1) is 5.41 Å². The summed E-state index contributed by atoms with van der Waals surface area (Å²) in [6.45, 7) is 0.928. The van der Waals surface area contributed by atoms with Gasteiger partial charge in [-0.2, -0.15) is 0 Å². The third kappa shape index (κ3) is 0.906. The van der Waals surface area contributed by atoms with Crippen molar-refractivity contribution in [2.75, 3.05) is 6.54 Å². The smallest absolute Gasteiger partial charge is 0.0239 e. The highest BCUT2D eigenvalue weighted by Gasteiger charge is 2.65. The van der Waals surface area contributed by atoms with E-state index in [2.05, 4.69) is 22.6 Å². The Bertz CT molecular complexity index is 117. The summed E-state index contributed by atoms with van der Waals surface area (Å²) in [6, 6.07) is 0. The summed E-state index contributed by atoms with van der Waals surface area (Å²) in [5, 5.41) is 0. The van der Waals surface area contributed by atoms with E-state index in [0.29, 0.717) is 5.41 Å². The van der Waals surface area contributed by atoms with Crippen LogP contribution in [0.2, 0.25) is 0 Å². The highest BCUT2D eigenvalue weighted by molar-refractivity contribution is 14.1. The highest BCUT2D eigenvalue weighted by atomic mass is 127. The van der Waals surface area contributed by atoms with Crippen LogP contribution >= 0.6 is 35.0 Å². The van der Waals surface area contributed by atoms with Gasteiger partial charge in [-0.1, -0.05) is 22.6 Å². The molecule has 0 aromatic heterocycles. The van der Waals surface area contributed by atoms with Crippen molar-refractivity contribution in [1.82, 2.24) is 0 Å². The van der Waals surface area contributed by atoms with Gasteiger partial charge in [0.05, 0.1) is 0 Å². The van der Waals surface area contributed by atoms with Crippen molar-refractivity contribution >= 4 is 35.0 Å². The molecule has 0 aromatic rings. The Morgan fingerprint density at radius 3 is 1.89 bits per heavy atom. The molecule has 3 aliphatic carbocycles. The third-order valence-corrected chi connectivity index (χ3v) is 3.65. The van der Waals surface area contributed by atoms with Crippen molar-refractivity contribution in [1.29, 1.82) is 0 Å². The number of halogens is 2. The fourth-order valence-corrected chi connectivity index (χ4v) is 4.50. The first-order chi connectivity index (χ1) is 3.68. The molecule has 3 fully saturated rings. The molecule has 3 heteroatoms. The Morgan fingerprint density at radius 2 is 1.78 bits per heavy atom. The van der Waals surface area contributed by atoms with Crippen LogP contribution in [0.15, 0.2) is 0 Å². The summed E-state index contributed by atoms with van der Waals surface area (Å²) in [4.78, 5) is 0. The topological polar surface area (TPSA) is 26.0 Å². The van der Waals surface area contributed by atoms with Gasteiger partial charge in [-0.25, -0.2) is 0 Å². The molecular weight excluding hydrogens is 248 g/mol. The quantitative estimate of drug-likeness (QED) is 0.563. The molecule has 54 valence electrons. The van der Waals surface area contributed by atoms with Crippen LogP contribution in [-0.2, 0) is 0 Å². The molecule has 3 aliphatic rings. The van der Waals surface area contributed by atoms with E-state index in [1.165, 1.54) is 19.3 Å². The summed E-state index contributed by atoms with van der Waals surface area (Å²) in [6.07, 6.45) is 4.20. The molecule has 1 nitrogen and oxygen atoms in total. The van der Waals surface area contributed by atoms with E-state index in [1.807, 2.05) is 0 Å². The zero-order valence-corrected chi connectivity index (χ0v) is 8.17. The fraction of sp³-hybridized carbons (Fsp3) is 1.00. The molecule has 0 spiro atoms. The molecule has 0 heterocycles. The van der Waals surface area contributed by atoms with Crippen molar-refractivity contribution in [3.05, 3.63) is 0 Å². The van der Waals surface area contributed by atoms with Crippen LogP contribution < -0.4 is 5.73 Å². The molecule has 3 saturated carbocycles. The maximum atomic E-state index is 5.56. The van der Waals surface area contributed by atoms with Gasteiger partial charge in [0.1, 0.15) is 0 Å². The molecule has 9 heavy (non-hydrogen) atoms. The molecule has 0 aromatic carbocycles. The van der Waals surface area contributed by atoms with Crippen molar-refractivity contribution in [3.8, 4) is 0 Å². The number of hydrogen-bond donors (Lipinski definition) is 1. The molecular formula is C6H11ClIN. The molecule has 0 unspecified atom stereocenters. The zero-order valence-electron chi connectivity index (χ0n) is 5.19. The van der Waals surface area contributed by atoms with Gasteiger partial charge in [-0.05, 0) is 31.2 Å². The average molecular weight is 260 g/mol. The lowest BCUT2D eigenvalue weighted by Crippen LogP contribution is -2.66. The molecule has 0 atom stereocenters. The minimum absolute atomic E-state index is 0. The van der Waals surface area contributed by atoms with Gasteiger partial charge < -0.3 is 5.73 Å². The molecule has 0 amide bonds. The Morgan fingerprint density at radius 1 is 1.33 bits per heavy atom. The minimum Gasteiger partial charge on any atom is -0.330 e. The van der Waals surface area contributed by atoms with Crippen LogP contribution in [-0.4, -0.2) is 9.97 Å². The second-order valence-electron chi connectivity index (χ2n) is 3.39. The molecule has 3 rings (SSSR count). The van der Waals surface area contributed by atoms with Crippen LogP contribution in [0.5, 0.6) is 0 Å². The Balaban J connectivity index is 0.000000405. The molecule has 0 radical (unpaired) electrons. The first kappa shape index (κ1) is 8.08. The number of alkyl halides is 1. The van der Waals surface area contributed by atoms with Gasteiger partial charge in [-0.3, -0.25) is 0 Å². The van der Waals surface area contributed by atoms with Crippen LogP contribution in [0.25, 0.3) is 0 Å². The SMILES string of the molecule is Cl.NCC12CC(I)(C1)C2. The first-order valence-electron chi connectivity index (χ1n) is 3.07. The van der Waals surface area contributed by atoms with Crippen molar-refractivity contribution in [2.45, 2.75) is 22.7 Å². The number of hydrogen-bond acceptors (Lipinski definition) is 1. The lowest BCUT2D eigenvalue weighted by atomic mass is 9.44. The summed E-state index contributed by atoms with van der Waals surface area (Å²) < 4.78 is 0.719. The van der Waals surface area contributed by atoms with Crippen LogP contribution in [0.1, 0.15) is 19.3 Å². The lowest BCUT2D eigenvalue weighted by molar-refractivity contribution is -0.0525. The van der Waals surface area contributed by atoms with Crippen LogP contribution in [0.3, 0.4) is 0 Å². The summed E-state index contributed by atoms with van der Waals surface area (Å²) in [5.74, 6) is 0. The molecule has 2 N–H and O–H groups in total. The number of nitrogens with two attached hydrogens (primary N) is 1. The predicted molar refractivity (Wildman–Crippen MR) is 49.3 cm³/mol. The minimum atomic E-state index is 0. The fourth-order valence-electron chi connectivity index (χ4n) is 2.08. The normalized spacial score (nSPS) is 52.7. The third-order valence-electron chi connectivity index (χ3n) is 2.51. The Kier molecular flexibility index (Phi) is 1.78. The Labute approximate surface area is 75.3 Å². The van der Waals surface area contributed by atoms with Gasteiger partial charge in [0.2, 0.25) is 0 Å². The maximum absolute atomic E-state index is 5.56. The Hall–Kier alpha value is 0.980. The zero-order chi connectivity index (χ0) is 5.83. The highest BCUT2D eigenvalue weighted by Crippen LogP contribution is 2.71. The predicted octanol–water partition coefficient (Wildman–Crippen LogP) is 1.72. The maximum Gasteiger partial charge on any atom is 0.0239 e. The molecule has 0 aliphatic heterocycles. The second kappa shape index (κ2) is 1.98. The second-order valence-corrected chi connectivity index (χ2v) is 5.67. The van der Waals surface area contributed by atoms with Gasteiger partial charge in [0.15, 0.2) is 0 Å². The van der Waals surface area contributed by atoms with Crippen molar-refractivity contribution in [3.63, 3.8) is 0 Å². The number of rotatable bonds is 1.